The van der Waals surface area contributed by atoms with E-state index in [4.69, 9.17) is 21.1 Å². The summed E-state index contributed by atoms with van der Waals surface area (Å²) >= 11 is 9.81. The number of halogens is 1. The Morgan fingerprint density at radius 1 is 1.56 bits per heavy atom. The van der Waals surface area contributed by atoms with Crippen molar-refractivity contribution >= 4 is 30.2 Å². The van der Waals surface area contributed by atoms with E-state index in [1.54, 1.807) is 25.1 Å². The molecule has 0 radical (unpaired) electrons. The average molecular weight is 261 g/mol. The van der Waals surface area contributed by atoms with Gasteiger partial charge in [0.25, 0.3) is 0 Å². The Balaban J connectivity index is 2.69. The molecule has 16 heavy (non-hydrogen) atoms. The third-order valence-corrected chi connectivity index (χ3v) is 2.42. The van der Waals surface area contributed by atoms with Crippen LogP contribution in [0.5, 0.6) is 5.75 Å². The van der Waals surface area contributed by atoms with Crippen molar-refractivity contribution in [2.24, 2.45) is 0 Å². The highest BCUT2D eigenvalue weighted by Crippen LogP contribution is 2.23. The van der Waals surface area contributed by atoms with Gasteiger partial charge in [-0.25, -0.2) is 4.79 Å². The summed E-state index contributed by atoms with van der Waals surface area (Å²) in [6.07, 6.45) is 0. The van der Waals surface area contributed by atoms with Crippen molar-refractivity contribution in [2.45, 2.75) is 19.3 Å². The van der Waals surface area contributed by atoms with Crippen LogP contribution in [-0.2, 0) is 9.53 Å². The molecule has 0 aliphatic carbocycles. The van der Waals surface area contributed by atoms with E-state index >= 15 is 0 Å². The molecule has 3 nitrogen and oxygen atoms in total. The van der Waals surface area contributed by atoms with Crippen LogP contribution in [0.15, 0.2) is 18.2 Å². The molecule has 88 valence electrons. The first-order valence-electron chi connectivity index (χ1n) is 4.82. The fourth-order valence-electron chi connectivity index (χ4n) is 1.13. The molecule has 0 saturated heterocycles. The number of hydrogen-bond donors (Lipinski definition) is 1. The van der Waals surface area contributed by atoms with E-state index in [1.165, 1.54) is 0 Å². The highest BCUT2D eigenvalue weighted by Gasteiger charge is 2.17. The maximum atomic E-state index is 11.3. The molecule has 0 fully saturated rings. The lowest BCUT2D eigenvalue weighted by molar-refractivity contribution is -0.147. The van der Waals surface area contributed by atoms with Gasteiger partial charge in [0.15, 0.2) is 0 Å². The first kappa shape index (κ1) is 13.2. The molecule has 1 atom stereocenters. The lowest BCUT2D eigenvalue weighted by atomic mass is 10.2. The van der Waals surface area contributed by atoms with Gasteiger partial charge in [0.05, 0.1) is 6.61 Å². The van der Waals surface area contributed by atoms with Crippen LogP contribution in [0.4, 0.5) is 0 Å². The number of ether oxygens (including phenoxy) is 2. The van der Waals surface area contributed by atoms with Crippen molar-refractivity contribution in [3.63, 3.8) is 0 Å². The summed E-state index contributed by atoms with van der Waals surface area (Å²) < 4.78 is 10.1. The summed E-state index contributed by atoms with van der Waals surface area (Å²) in [6.45, 7) is 3.87. The molecule has 0 amide bonds. The van der Waals surface area contributed by atoms with Crippen LogP contribution in [-0.4, -0.2) is 18.0 Å². The number of carbonyl (C=O) groups excluding carboxylic acids is 1. The highest BCUT2D eigenvalue weighted by molar-refractivity contribution is 7.81. The molecular formula is C11H13ClO3S. The number of carbonyl (C=O) groups is 1. The summed E-state index contributed by atoms with van der Waals surface area (Å²) in [4.78, 5) is 11.3. The van der Waals surface area contributed by atoms with E-state index in [1.807, 2.05) is 6.92 Å². The Labute approximate surface area is 105 Å². The number of rotatable bonds is 4. The second-order valence-electron chi connectivity index (χ2n) is 3.13. The number of benzene rings is 1. The third kappa shape index (κ3) is 3.61. The summed E-state index contributed by atoms with van der Waals surface area (Å²) in [5.74, 6) is 0.0673. The molecule has 0 saturated carbocycles. The van der Waals surface area contributed by atoms with Gasteiger partial charge in [0.2, 0.25) is 5.44 Å². The first-order valence-corrected chi connectivity index (χ1v) is 5.71. The molecule has 0 heterocycles. The van der Waals surface area contributed by atoms with Crippen molar-refractivity contribution in [3.8, 4) is 5.75 Å². The van der Waals surface area contributed by atoms with E-state index < -0.39 is 11.4 Å². The highest BCUT2D eigenvalue weighted by atomic mass is 35.5. The van der Waals surface area contributed by atoms with Gasteiger partial charge in [0.1, 0.15) is 5.75 Å². The minimum absolute atomic E-state index is 0.304. The van der Waals surface area contributed by atoms with Gasteiger partial charge in [-0.05, 0) is 37.6 Å². The van der Waals surface area contributed by atoms with E-state index in [-0.39, 0.29) is 0 Å². The Morgan fingerprint density at radius 2 is 2.25 bits per heavy atom. The molecular weight excluding hydrogens is 248 g/mol. The molecule has 0 aromatic heterocycles. The summed E-state index contributed by atoms with van der Waals surface area (Å²) in [5, 5.41) is 0.622. The SMILES string of the molecule is CCOC(=O)C(S)Oc1ccc(Cl)cc1C. The lowest BCUT2D eigenvalue weighted by Gasteiger charge is -2.14. The van der Waals surface area contributed by atoms with Crippen molar-refractivity contribution in [1.82, 2.24) is 0 Å². The van der Waals surface area contributed by atoms with E-state index in [0.717, 1.165) is 5.56 Å². The number of aryl methyl sites for hydroxylation is 1. The fourth-order valence-corrected chi connectivity index (χ4v) is 1.54. The Hall–Kier alpha value is -0.870. The Morgan fingerprint density at radius 3 is 2.81 bits per heavy atom. The maximum Gasteiger partial charge on any atom is 0.357 e. The second kappa shape index (κ2) is 6.01. The van der Waals surface area contributed by atoms with Crippen molar-refractivity contribution < 1.29 is 14.3 Å². The normalized spacial score (nSPS) is 12.0. The van der Waals surface area contributed by atoms with E-state index in [0.29, 0.717) is 17.4 Å². The Kier molecular flexibility index (Phi) is 4.96. The standard InChI is InChI=1S/C11H13ClO3S/c1-3-14-10(13)11(16)15-9-5-4-8(12)6-7(9)2/h4-6,11,16H,3H2,1-2H3. The van der Waals surface area contributed by atoms with Gasteiger partial charge >= 0.3 is 5.97 Å². The van der Waals surface area contributed by atoms with Gasteiger partial charge in [-0.1, -0.05) is 11.6 Å². The minimum Gasteiger partial charge on any atom is -0.468 e. The van der Waals surface area contributed by atoms with Crippen molar-refractivity contribution in [1.29, 1.82) is 0 Å². The van der Waals surface area contributed by atoms with Gasteiger partial charge in [0, 0.05) is 5.02 Å². The van der Waals surface area contributed by atoms with Gasteiger partial charge < -0.3 is 9.47 Å². The predicted molar refractivity (Wildman–Crippen MR) is 66.2 cm³/mol. The summed E-state index contributed by atoms with van der Waals surface area (Å²) in [7, 11) is 0. The monoisotopic (exact) mass is 260 g/mol. The summed E-state index contributed by atoms with van der Waals surface area (Å²) in [5.41, 5.74) is -0.0735. The van der Waals surface area contributed by atoms with Gasteiger partial charge in [-0.2, -0.15) is 0 Å². The third-order valence-electron chi connectivity index (χ3n) is 1.86. The zero-order valence-corrected chi connectivity index (χ0v) is 10.7. The minimum atomic E-state index is -0.917. The zero-order valence-electron chi connectivity index (χ0n) is 9.07. The van der Waals surface area contributed by atoms with Crippen LogP contribution in [0, 0.1) is 6.92 Å². The summed E-state index contributed by atoms with van der Waals surface area (Å²) in [6, 6.07) is 5.14. The predicted octanol–water partition coefficient (Wildman–Crippen LogP) is 2.85. The molecule has 0 aliphatic rings. The zero-order chi connectivity index (χ0) is 12.1. The number of hydrogen-bond acceptors (Lipinski definition) is 4. The number of esters is 1. The molecule has 1 aromatic carbocycles. The second-order valence-corrected chi connectivity index (χ2v) is 4.04. The van der Waals surface area contributed by atoms with Crippen molar-refractivity contribution in [2.75, 3.05) is 6.61 Å². The molecule has 1 aromatic rings. The molecule has 0 bridgehead atoms. The smallest absolute Gasteiger partial charge is 0.357 e. The largest absolute Gasteiger partial charge is 0.468 e. The van der Waals surface area contributed by atoms with Crippen LogP contribution in [0.25, 0.3) is 0 Å². The molecule has 5 heteroatoms. The van der Waals surface area contributed by atoms with Crippen molar-refractivity contribution in [3.05, 3.63) is 28.8 Å². The molecule has 0 aliphatic heterocycles. The van der Waals surface area contributed by atoms with Crippen LogP contribution < -0.4 is 4.74 Å². The van der Waals surface area contributed by atoms with Crippen LogP contribution >= 0.6 is 24.2 Å². The van der Waals surface area contributed by atoms with E-state index in [9.17, 15) is 4.79 Å². The number of thiol groups is 1. The topological polar surface area (TPSA) is 35.5 Å². The molecule has 1 unspecified atom stereocenters. The van der Waals surface area contributed by atoms with Crippen LogP contribution in [0.1, 0.15) is 12.5 Å². The van der Waals surface area contributed by atoms with Crippen LogP contribution in [0.3, 0.4) is 0 Å². The first-order chi connectivity index (χ1) is 7.54. The van der Waals surface area contributed by atoms with Gasteiger partial charge in [-0.3, -0.25) is 0 Å². The fraction of sp³-hybridized carbons (Fsp3) is 0.364. The maximum absolute atomic E-state index is 11.3. The lowest BCUT2D eigenvalue weighted by Crippen LogP contribution is -2.24. The van der Waals surface area contributed by atoms with Crippen LogP contribution in [0.2, 0.25) is 5.02 Å². The van der Waals surface area contributed by atoms with Gasteiger partial charge in [-0.15, -0.1) is 12.6 Å². The Bertz CT molecular complexity index is 381. The molecule has 1 rings (SSSR count). The van der Waals surface area contributed by atoms with E-state index in [2.05, 4.69) is 12.6 Å². The average Bonchev–Trinajstić information content (AvgIpc) is 2.22. The molecule has 0 N–H and O–H groups in total. The molecule has 0 spiro atoms. The quantitative estimate of drug-likeness (QED) is 0.514.